The zero-order chi connectivity index (χ0) is 9.00. The molecule has 1 aliphatic carbocycles. The maximum Gasteiger partial charge on any atom is 0.195 e. The van der Waals surface area contributed by atoms with Gasteiger partial charge >= 0.3 is 0 Å². The first-order valence-electron chi connectivity index (χ1n) is 4.12. The molecule has 1 aliphatic heterocycles. The zero-order valence-electron chi connectivity index (χ0n) is 6.69. The summed E-state index contributed by atoms with van der Waals surface area (Å²) in [5.74, 6) is -0.111. The van der Waals surface area contributed by atoms with E-state index in [2.05, 4.69) is 0 Å². The van der Waals surface area contributed by atoms with Crippen molar-refractivity contribution >= 4 is 11.6 Å². The van der Waals surface area contributed by atoms with E-state index < -0.39 is 12.2 Å². The molecule has 0 N–H and O–H groups in total. The molecule has 1 heterocycles. The quantitative estimate of drug-likeness (QED) is 0.547. The van der Waals surface area contributed by atoms with Gasteiger partial charge in [-0.25, -0.2) is 0 Å². The number of hydrogen-bond donors (Lipinski definition) is 0. The van der Waals surface area contributed by atoms with E-state index in [-0.39, 0.29) is 11.6 Å². The highest BCUT2D eigenvalue weighted by Crippen LogP contribution is 2.35. The van der Waals surface area contributed by atoms with Crippen LogP contribution >= 0.6 is 0 Å². The van der Waals surface area contributed by atoms with E-state index in [4.69, 9.17) is 4.74 Å². The molecular formula is C10H6O3. The van der Waals surface area contributed by atoms with Gasteiger partial charge in [0, 0.05) is 11.1 Å². The Hall–Kier alpha value is -1.48. The molecule has 64 valence electrons. The lowest BCUT2D eigenvalue weighted by molar-refractivity contribution is 0.0922. The van der Waals surface area contributed by atoms with Crippen LogP contribution in [0.3, 0.4) is 0 Å². The normalized spacial score (nSPS) is 29.5. The van der Waals surface area contributed by atoms with Gasteiger partial charge in [-0.3, -0.25) is 9.59 Å². The predicted molar refractivity (Wildman–Crippen MR) is 43.8 cm³/mol. The SMILES string of the molecule is O=C1c2ccccc2C(=O)[C@@H]2O[C@H]12. The van der Waals surface area contributed by atoms with Crippen molar-refractivity contribution in [1.29, 1.82) is 0 Å². The first-order chi connectivity index (χ1) is 6.29. The van der Waals surface area contributed by atoms with Crippen LogP contribution < -0.4 is 0 Å². The van der Waals surface area contributed by atoms with E-state index in [9.17, 15) is 9.59 Å². The average Bonchev–Trinajstić information content (AvgIpc) is 2.94. The van der Waals surface area contributed by atoms with Gasteiger partial charge in [0.25, 0.3) is 0 Å². The molecule has 0 spiro atoms. The summed E-state index contributed by atoms with van der Waals surface area (Å²) in [6.07, 6.45) is -0.968. The van der Waals surface area contributed by atoms with E-state index in [0.717, 1.165) is 0 Å². The summed E-state index contributed by atoms with van der Waals surface area (Å²) in [6, 6.07) is 6.86. The highest BCUT2D eigenvalue weighted by Gasteiger charge is 2.54. The number of benzene rings is 1. The van der Waals surface area contributed by atoms with Gasteiger partial charge in [0.15, 0.2) is 23.8 Å². The van der Waals surface area contributed by atoms with Crippen LogP contribution in [0.2, 0.25) is 0 Å². The molecule has 3 nitrogen and oxygen atoms in total. The summed E-state index contributed by atoms with van der Waals surface area (Å²) < 4.78 is 4.99. The van der Waals surface area contributed by atoms with Crippen LogP contribution in [0, 0.1) is 0 Å². The number of hydrogen-bond acceptors (Lipinski definition) is 3. The number of rotatable bonds is 0. The standard InChI is InChI=1S/C10H6O3/c11-7-5-3-1-2-4-6(5)8(12)10-9(7)13-10/h1-4,9-10H/t9-,10+. The second kappa shape index (κ2) is 2.06. The Labute approximate surface area is 74.3 Å². The minimum Gasteiger partial charge on any atom is -0.352 e. The molecular weight excluding hydrogens is 168 g/mol. The van der Waals surface area contributed by atoms with Crippen molar-refractivity contribution < 1.29 is 14.3 Å². The van der Waals surface area contributed by atoms with Crippen LogP contribution in [-0.2, 0) is 4.74 Å². The van der Waals surface area contributed by atoms with Gasteiger partial charge in [0.05, 0.1) is 0 Å². The number of carbonyl (C=O) groups is 2. The Morgan fingerprint density at radius 2 is 1.38 bits per heavy atom. The summed E-state index contributed by atoms with van der Waals surface area (Å²) in [7, 11) is 0. The number of ketones is 2. The summed E-state index contributed by atoms with van der Waals surface area (Å²) in [6.45, 7) is 0. The van der Waals surface area contributed by atoms with Gasteiger partial charge in [0.1, 0.15) is 0 Å². The number of Topliss-reactive ketones (excluding diaryl/α,β-unsaturated/α-hetero) is 2. The second-order valence-electron chi connectivity index (χ2n) is 3.25. The second-order valence-corrected chi connectivity index (χ2v) is 3.25. The molecule has 1 aromatic carbocycles. The molecule has 0 aromatic heterocycles. The van der Waals surface area contributed by atoms with Crippen LogP contribution in [0.4, 0.5) is 0 Å². The Kier molecular flexibility index (Phi) is 1.10. The predicted octanol–water partition coefficient (Wildman–Crippen LogP) is 0.833. The van der Waals surface area contributed by atoms with Crippen LogP contribution in [0.1, 0.15) is 20.7 Å². The average molecular weight is 174 g/mol. The Morgan fingerprint density at radius 3 is 1.85 bits per heavy atom. The van der Waals surface area contributed by atoms with Crippen molar-refractivity contribution in [2.24, 2.45) is 0 Å². The number of epoxide rings is 1. The largest absolute Gasteiger partial charge is 0.352 e. The highest BCUT2D eigenvalue weighted by molar-refractivity contribution is 6.20. The van der Waals surface area contributed by atoms with Crippen molar-refractivity contribution in [3.8, 4) is 0 Å². The van der Waals surface area contributed by atoms with Crippen LogP contribution in [0.25, 0.3) is 0 Å². The van der Waals surface area contributed by atoms with Crippen LogP contribution in [-0.4, -0.2) is 23.8 Å². The van der Waals surface area contributed by atoms with E-state index in [1.807, 2.05) is 0 Å². The molecule has 1 saturated heterocycles. The Balaban J connectivity index is 2.26. The fourth-order valence-electron chi connectivity index (χ4n) is 1.73. The lowest BCUT2D eigenvalue weighted by Gasteiger charge is -2.08. The van der Waals surface area contributed by atoms with Gasteiger partial charge in [-0.2, -0.15) is 0 Å². The summed E-state index contributed by atoms with van der Waals surface area (Å²) in [5, 5.41) is 0. The molecule has 2 atom stereocenters. The Morgan fingerprint density at radius 1 is 0.923 bits per heavy atom. The van der Waals surface area contributed by atoms with Gasteiger partial charge in [-0.15, -0.1) is 0 Å². The van der Waals surface area contributed by atoms with Crippen molar-refractivity contribution in [1.82, 2.24) is 0 Å². The van der Waals surface area contributed by atoms with Crippen molar-refractivity contribution in [2.75, 3.05) is 0 Å². The fourth-order valence-corrected chi connectivity index (χ4v) is 1.73. The first-order valence-corrected chi connectivity index (χ1v) is 4.12. The summed E-state index contributed by atoms with van der Waals surface area (Å²) in [4.78, 5) is 23.1. The molecule has 0 saturated carbocycles. The van der Waals surface area contributed by atoms with Crippen molar-refractivity contribution in [3.05, 3.63) is 35.4 Å². The number of ether oxygens (including phenoxy) is 1. The maximum absolute atomic E-state index is 11.5. The number of fused-ring (bicyclic) bond motifs is 2. The third-order valence-corrected chi connectivity index (χ3v) is 2.47. The molecule has 0 radical (unpaired) electrons. The van der Waals surface area contributed by atoms with Crippen LogP contribution in [0.15, 0.2) is 24.3 Å². The number of carbonyl (C=O) groups excluding carboxylic acids is 2. The van der Waals surface area contributed by atoms with Gasteiger partial charge in [-0.1, -0.05) is 24.3 Å². The molecule has 13 heavy (non-hydrogen) atoms. The molecule has 0 amide bonds. The molecule has 1 fully saturated rings. The molecule has 3 heteroatoms. The van der Waals surface area contributed by atoms with Crippen LogP contribution in [0.5, 0.6) is 0 Å². The molecule has 1 aromatic rings. The molecule has 0 bridgehead atoms. The van der Waals surface area contributed by atoms with E-state index in [1.165, 1.54) is 0 Å². The molecule has 3 rings (SSSR count). The lowest BCUT2D eigenvalue weighted by atomic mass is 9.90. The van der Waals surface area contributed by atoms with E-state index in [1.54, 1.807) is 24.3 Å². The fraction of sp³-hybridized carbons (Fsp3) is 0.200. The van der Waals surface area contributed by atoms with Gasteiger partial charge < -0.3 is 4.74 Å². The van der Waals surface area contributed by atoms with Gasteiger partial charge in [0.2, 0.25) is 0 Å². The highest BCUT2D eigenvalue weighted by atomic mass is 16.6. The third kappa shape index (κ3) is 0.769. The molecule has 2 aliphatic rings. The topological polar surface area (TPSA) is 46.7 Å². The summed E-state index contributed by atoms with van der Waals surface area (Å²) in [5.41, 5.74) is 1.01. The minimum absolute atomic E-state index is 0.0554. The van der Waals surface area contributed by atoms with Crippen molar-refractivity contribution in [2.45, 2.75) is 12.2 Å². The van der Waals surface area contributed by atoms with Gasteiger partial charge in [-0.05, 0) is 0 Å². The minimum atomic E-state index is -0.484. The van der Waals surface area contributed by atoms with E-state index >= 15 is 0 Å². The van der Waals surface area contributed by atoms with E-state index in [0.29, 0.717) is 11.1 Å². The first kappa shape index (κ1) is 6.97. The van der Waals surface area contributed by atoms with Crippen molar-refractivity contribution in [3.63, 3.8) is 0 Å². The summed E-state index contributed by atoms with van der Waals surface area (Å²) >= 11 is 0. The smallest absolute Gasteiger partial charge is 0.195 e. The monoisotopic (exact) mass is 174 g/mol. The third-order valence-electron chi connectivity index (χ3n) is 2.47. The Bertz CT molecular complexity index is 383. The maximum atomic E-state index is 11.5. The zero-order valence-corrected chi connectivity index (χ0v) is 6.69. The molecule has 0 unspecified atom stereocenters. The lowest BCUT2D eigenvalue weighted by Crippen LogP contribution is -2.25.